The van der Waals surface area contributed by atoms with Gasteiger partial charge < -0.3 is 10.1 Å². The summed E-state index contributed by atoms with van der Waals surface area (Å²) in [4.78, 5) is 8.63. The van der Waals surface area contributed by atoms with Crippen molar-refractivity contribution >= 4 is 11.6 Å². The predicted molar refractivity (Wildman–Crippen MR) is 92.0 cm³/mol. The first kappa shape index (κ1) is 15.9. The largest absolute Gasteiger partial charge is 0.473 e. The molecule has 5 heteroatoms. The highest BCUT2D eigenvalue weighted by Gasteiger charge is 2.05. The average molecular weight is 323 g/mol. The Morgan fingerprint density at radius 1 is 1.00 bits per heavy atom. The molecular weight excluding hydrogens is 305 g/mol. The number of hydrogen-bond donors (Lipinski definition) is 1. The van der Waals surface area contributed by atoms with Gasteiger partial charge >= 0.3 is 0 Å². The molecule has 0 radical (unpaired) electrons. The fourth-order valence-corrected chi connectivity index (χ4v) is 2.32. The second-order valence-electron chi connectivity index (χ2n) is 5.58. The van der Waals surface area contributed by atoms with Crippen LogP contribution < -0.4 is 10.1 Å². The predicted octanol–water partition coefficient (Wildman–Crippen LogP) is 4.56. The molecule has 0 bridgehead atoms. The van der Waals surface area contributed by atoms with Gasteiger partial charge in [-0.1, -0.05) is 35.9 Å². The van der Waals surface area contributed by atoms with Crippen LogP contribution in [-0.4, -0.2) is 9.97 Å². The molecule has 1 N–H and O–H groups in total. The van der Waals surface area contributed by atoms with E-state index in [1.54, 1.807) is 18.2 Å². The van der Waals surface area contributed by atoms with Crippen LogP contribution in [0.2, 0.25) is 0 Å². The lowest BCUT2D eigenvalue weighted by atomic mass is 10.1. The first-order chi connectivity index (χ1) is 11.6. The van der Waals surface area contributed by atoms with Crippen LogP contribution >= 0.6 is 0 Å². The number of benzene rings is 2. The Hall–Kier alpha value is -2.95. The fraction of sp³-hybridized carbons (Fsp3) is 0.158. The smallest absolute Gasteiger partial charge is 0.230 e. The molecule has 0 saturated heterocycles. The van der Waals surface area contributed by atoms with Gasteiger partial charge in [-0.05, 0) is 37.6 Å². The highest BCUT2D eigenvalue weighted by atomic mass is 19.1. The van der Waals surface area contributed by atoms with E-state index >= 15 is 0 Å². The van der Waals surface area contributed by atoms with Crippen LogP contribution in [0.15, 0.2) is 54.6 Å². The first-order valence-electron chi connectivity index (χ1n) is 7.65. The van der Waals surface area contributed by atoms with Crippen LogP contribution in [0.5, 0.6) is 5.88 Å². The summed E-state index contributed by atoms with van der Waals surface area (Å²) in [7, 11) is 0. The number of hydrogen-bond acceptors (Lipinski definition) is 4. The maximum Gasteiger partial charge on any atom is 0.230 e. The van der Waals surface area contributed by atoms with E-state index < -0.39 is 0 Å². The number of anilines is 2. The minimum atomic E-state index is -0.316. The minimum Gasteiger partial charge on any atom is -0.473 e. The molecule has 0 aliphatic carbocycles. The van der Waals surface area contributed by atoms with Crippen molar-refractivity contribution in [2.45, 2.75) is 20.5 Å². The molecule has 0 aliphatic rings. The van der Waals surface area contributed by atoms with Gasteiger partial charge in [0, 0.05) is 17.4 Å². The van der Waals surface area contributed by atoms with E-state index in [9.17, 15) is 4.39 Å². The van der Waals surface area contributed by atoms with E-state index in [0.717, 1.165) is 11.3 Å². The van der Waals surface area contributed by atoms with Crippen molar-refractivity contribution in [3.63, 3.8) is 0 Å². The minimum absolute atomic E-state index is 0.316. The molecule has 24 heavy (non-hydrogen) atoms. The lowest BCUT2D eigenvalue weighted by Gasteiger charge is -2.10. The van der Waals surface area contributed by atoms with Crippen LogP contribution in [-0.2, 0) is 6.61 Å². The third-order valence-electron chi connectivity index (χ3n) is 3.38. The quantitative estimate of drug-likeness (QED) is 0.748. The second-order valence-corrected chi connectivity index (χ2v) is 5.58. The molecule has 0 spiro atoms. The molecule has 3 aromatic rings. The molecule has 4 nitrogen and oxygen atoms in total. The number of ether oxygens (including phenoxy) is 1. The lowest BCUT2D eigenvalue weighted by molar-refractivity contribution is 0.293. The maximum absolute atomic E-state index is 13.3. The Kier molecular flexibility index (Phi) is 4.70. The van der Waals surface area contributed by atoms with Gasteiger partial charge in [-0.2, -0.15) is 4.98 Å². The van der Waals surface area contributed by atoms with E-state index in [1.165, 1.54) is 17.7 Å². The van der Waals surface area contributed by atoms with Crippen LogP contribution in [0, 0.1) is 19.7 Å². The van der Waals surface area contributed by atoms with E-state index in [2.05, 4.69) is 21.4 Å². The zero-order valence-electron chi connectivity index (χ0n) is 13.6. The molecule has 3 rings (SSSR count). The second kappa shape index (κ2) is 7.08. The highest BCUT2D eigenvalue weighted by Crippen LogP contribution is 2.18. The first-order valence-corrected chi connectivity index (χ1v) is 7.65. The van der Waals surface area contributed by atoms with Gasteiger partial charge in [0.1, 0.15) is 12.4 Å². The third-order valence-corrected chi connectivity index (χ3v) is 3.38. The zero-order valence-corrected chi connectivity index (χ0v) is 13.6. The van der Waals surface area contributed by atoms with Crippen molar-refractivity contribution in [2.75, 3.05) is 5.32 Å². The van der Waals surface area contributed by atoms with Gasteiger partial charge in [-0.25, -0.2) is 9.37 Å². The SMILES string of the molecule is Cc1cccc(COc2cc(C)nc(Nc3cccc(F)c3)n2)c1. The van der Waals surface area contributed by atoms with E-state index in [-0.39, 0.29) is 5.82 Å². The standard InChI is InChI=1S/C19H18FN3O/c1-13-5-3-6-15(9-13)12-24-18-10-14(2)21-19(23-18)22-17-8-4-7-16(20)11-17/h3-11H,12H2,1-2H3,(H,21,22,23). The Balaban J connectivity index is 1.73. The Bertz CT molecular complexity index is 852. The summed E-state index contributed by atoms with van der Waals surface area (Å²) in [6.45, 7) is 4.33. The average Bonchev–Trinajstić information content (AvgIpc) is 2.52. The van der Waals surface area contributed by atoms with Crippen molar-refractivity contribution in [1.82, 2.24) is 9.97 Å². The summed E-state index contributed by atoms with van der Waals surface area (Å²) in [5.41, 5.74) is 3.61. The molecule has 122 valence electrons. The van der Waals surface area contributed by atoms with Gasteiger partial charge in [0.2, 0.25) is 11.8 Å². The number of nitrogens with zero attached hydrogens (tertiary/aromatic N) is 2. The molecule has 0 saturated carbocycles. The van der Waals surface area contributed by atoms with Crippen LogP contribution in [0.3, 0.4) is 0 Å². The van der Waals surface area contributed by atoms with Gasteiger partial charge in [-0.3, -0.25) is 0 Å². The van der Waals surface area contributed by atoms with Crippen molar-refractivity contribution in [1.29, 1.82) is 0 Å². The Morgan fingerprint density at radius 2 is 1.83 bits per heavy atom. The summed E-state index contributed by atoms with van der Waals surface area (Å²) >= 11 is 0. The summed E-state index contributed by atoms with van der Waals surface area (Å²) in [5.74, 6) is 0.534. The number of rotatable bonds is 5. The number of halogens is 1. The molecular formula is C19H18FN3O. The number of aryl methyl sites for hydroxylation is 2. The molecule has 0 atom stereocenters. The van der Waals surface area contributed by atoms with Crippen LogP contribution in [0.25, 0.3) is 0 Å². The normalized spacial score (nSPS) is 10.5. The van der Waals surface area contributed by atoms with E-state index in [0.29, 0.717) is 24.1 Å². The summed E-state index contributed by atoms with van der Waals surface area (Å²) < 4.78 is 19.0. The molecule has 0 unspecified atom stereocenters. The zero-order chi connectivity index (χ0) is 16.9. The van der Waals surface area contributed by atoms with Gasteiger partial charge in [0.15, 0.2) is 0 Å². The van der Waals surface area contributed by atoms with E-state index in [1.807, 2.05) is 32.0 Å². The van der Waals surface area contributed by atoms with Crippen molar-refractivity contribution in [3.05, 3.63) is 77.2 Å². The summed E-state index contributed by atoms with van der Waals surface area (Å²) in [5, 5.41) is 2.99. The number of aromatic nitrogens is 2. The van der Waals surface area contributed by atoms with Crippen molar-refractivity contribution in [2.24, 2.45) is 0 Å². The number of nitrogens with one attached hydrogen (secondary N) is 1. The van der Waals surface area contributed by atoms with Gasteiger partial charge in [0.05, 0.1) is 0 Å². The molecule has 2 aromatic carbocycles. The summed E-state index contributed by atoms with van der Waals surface area (Å²) in [6.07, 6.45) is 0. The molecule has 0 amide bonds. The Labute approximate surface area is 140 Å². The molecule has 1 heterocycles. The summed E-state index contributed by atoms with van der Waals surface area (Å²) in [6, 6.07) is 16.0. The third kappa shape index (κ3) is 4.29. The lowest BCUT2D eigenvalue weighted by Crippen LogP contribution is -2.03. The highest BCUT2D eigenvalue weighted by molar-refractivity contribution is 5.53. The maximum atomic E-state index is 13.3. The monoisotopic (exact) mass is 323 g/mol. The van der Waals surface area contributed by atoms with Gasteiger partial charge in [0.25, 0.3) is 0 Å². The van der Waals surface area contributed by atoms with E-state index in [4.69, 9.17) is 4.74 Å². The van der Waals surface area contributed by atoms with Crippen molar-refractivity contribution in [3.8, 4) is 5.88 Å². The molecule has 1 aromatic heterocycles. The van der Waals surface area contributed by atoms with Crippen LogP contribution in [0.4, 0.5) is 16.0 Å². The molecule has 0 aliphatic heterocycles. The Morgan fingerprint density at radius 3 is 2.62 bits per heavy atom. The van der Waals surface area contributed by atoms with Crippen LogP contribution in [0.1, 0.15) is 16.8 Å². The van der Waals surface area contributed by atoms with Gasteiger partial charge in [-0.15, -0.1) is 0 Å². The topological polar surface area (TPSA) is 47.0 Å². The fourth-order valence-electron chi connectivity index (χ4n) is 2.32. The molecule has 0 fully saturated rings. The van der Waals surface area contributed by atoms with Crippen molar-refractivity contribution < 1.29 is 9.13 Å².